The average Bonchev–Trinajstić information content (AvgIpc) is 2.26. The number of hydrogen-bond acceptors (Lipinski definition) is 4. The highest BCUT2D eigenvalue weighted by Gasteiger charge is 2.11. The molecule has 1 aromatic carbocycles. The molecule has 0 spiro atoms. The second-order valence-electron chi connectivity index (χ2n) is 4.13. The van der Waals surface area contributed by atoms with E-state index in [9.17, 15) is 12.8 Å². The maximum absolute atomic E-state index is 13.6. The molecule has 1 aromatic rings. The molecule has 0 aliphatic heterocycles. The van der Waals surface area contributed by atoms with Crippen molar-refractivity contribution in [1.82, 2.24) is 0 Å². The lowest BCUT2D eigenvalue weighted by molar-refractivity contribution is 0.164. The summed E-state index contributed by atoms with van der Waals surface area (Å²) in [7, 11) is -2.27. The lowest BCUT2D eigenvalue weighted by atomic mass is 10.2. The summed E-state index contributed by atoms with van der Waals surface area (Å²) in [5.41, 5.74) is 0.241. The van der Waals surface area contributed by atoms with Crippen LogP contribution in [0.5, 0.6) is 0 Å². The number of rotatable bonds is 6. The van der Waals surface area contributed by atoms with Gasteiger partial charge in [-0.05, 0) is 24.1 Å². The van der Waals surface area contributed by atoms with E-state index in [0.29, 0.717) is 13.2 Å². The Balaban J connectivity index is 2.75. The summed E-state index contributed by atoms with van der Waals surface area (Å²) in [5, 5.41) is 7.79. The van der Waals surface area contributed by atoms with E-state index in [0.717, 1.165) is 6.07 Å². The highest BCUT2D eigenvalue weighted by molar-refractivity contribution is 7.89. The summed E-state index contributed by atoms with van der Waals surface area (Å²) >= 11 is 0. The van der Waals surface area contributed by atoms with Crippen molar-refractivity contribution in [2.24, 2.45) is 11.1 Å². The Kier molecular flexibility index (Phi) is 5.06. The van der Waals surface area contributed by atoms with Crippen LogP contribution in [0.4, 0.5) is 10.1 Å². The fourth-order valence-corrected chi connectivity index (χ4v) is 1.97. The van der Waals surface area contributed by atoms with Crippen molar-refractivity contribution in [1.29, 1.82) is 0 Å². The minimum atomic E-state index is -3.87. The van der Waals surface area contributed by atoms with E-state index >= 15 is 0 Å². The Hall–Kier alpha value is -1.18. The van der Waals surface area contributed by atoms with Gasteiger partial charge in [0.15, 0.2) is 0 Å². The molecule has 0 saturated heterocycles. The maximum Gasteiger partial charge on any atom is 0.238 e. The molecule has 0 aliphatic rings. The standard InChI is InChI=1S/C11H17FN2O3S/c1-8(7-17-2)6-14-11-4-3-9(5-10(11)12)18(13,15)16/h3-5,8,14H,6-7H2,1-2H3,(H2,13,15,16). The second-order valence-corrected chi connectivity index (χ2v) is 5.69. The first-order valence-corrected chi connectivity index (χ1v) is 6.94. The molecule has 0 bridgehead atoms. The molecule has 1 atom stereocenters. The van der Waals surface area contributed by atoms with Crippen molar-refractivity contribution in [2.75, 3.05) is 25.6 Å². The third-order valence-corrected chi connectivity index (χ3v) is 3.27. The number of anilines is 1. The summed E-state index contributed by atoms with van der Waals surface area (Å²) in [6.45, 7) is 3.04. The molecule has 0 aromatic heterocycles. The normalized spacial score (nSPS) is 13.3. The van der Waals surface area contributed by atoms with Gasteiger partial charge < -0.3 is 10.1 Å². The van der Waals surface area contributed by atoms with E-state index in [2.05, 4.69) is 5.32 Å². The van der Waals surface area contributed by atoms with Crippen LogP contribution in [0, 0.1) is 11.7 Å². The van der Waals surface area contributed by atoms with Crippen LogP contribution in [0.1, 0.15) is 6.92 Å². The topological polar surface area (TPSA) is 81.4 Å². The van der Waals surface area contributed by atoms with Crippen molar-refractivity contribution in [3.63, 3.8) is 0 Å². The number of sulfonamides is 1. The van der Waals surface area contributed by atoms with Gasteiger partial charge in [-0.15, -0.1) is 0 Å². The van der Waals surface area contributed by atoms with E-state index in [-0.39, 0.29) is 16.5 Å². The quantitative estimate of drug-likeness (QED) is 0.817. The minimum absolute atomic E-state index is 0.215. The third kappa shape index (κ3) is 4.25. The number of halogens is 1. The lowest BCUT2D eigenvalue weighted by Crippen LogP contribution is -2.17. The first kappa shape index (κ1) is 14.9. The molecule has 102 valence electrons. The zero-order chi connectivity index (χ0) is 13.8. The van der Waals surface area contributed by atoms with Gasteiger partial charge in [-0.2, -0.15) is 0 Å². The van der Waals surface area contributed by atoms with Gasteiger partial charge >= 0.3 is 0 Å². The number of methoxy groups -OCH3 is 1. The molecule has 1 unspecified atom stereocenters. The highest BCUT2D eigenvalue weighted by atomic mass is 32.2. The number of nitrogens with one attached hydrogen (secondary N) is 1. The van der Waals surface area contributed by atoms with Gasteiger partial charge in [0.1, 0.15) is 5.82 Å². The molecule has 0 saturated carbocycles. The highest BCUT2D eigenvalue weighted by Crippen LogP contribution is 2.18. The van der Waals surface area contributed by atoms with Crippen LogP contribution in [0.3, 0.4) is 0 Å². The van der Waals surface area contributed by atoms with Gasteiger partial charge in [-0.1, -0.05) is 6.92 Å². The lowest BCUT2D eigenvalue weighted by Gasteiger charge is -2.13. The van der Waals surface area contributed by atoms with E-state index < -0.39 is 15.8 Å². The van der Waals surface area contributed by atoms with Gasteiger partial charge in [-0.25, -0.2) is 17.9 Å². The predicted molar refractivity (Wildman–Crippen MR) is 67.3 cm³/mol. The number of primary sulfonamides is 1. The van der Waals surface area contributed by atoms with Crippen LogP contribution in [-0.4, -0.2) is 28.7 Å². The summed E-state index contributed by atoms with van der Waals surface area (Å²) in [5.74, 6) is -0.432. The molecule has 0 aliphatic carbocycles. The van der Waals surface area contributed by atoms with Gasteiger partial charge in [0.2, 0.25) is 10.0 Å². The molecule has 0 amide bonds. The molecular weight excluding hydrogens is 259 g/mol. The molecule has 0 radical (unpaired) electrons. The van der Waals surface area contributed by atoms with Crippen molar-refractivity contribution in [3.05, 3.63) is 24.0 Å². The van der Waals surface area contributed by atoms with Crippen LogP contribution in [0.2, 0.25) is 0 Å². The molecule has 5 nitrogen and oxygen atoms in total. The van der Waals surface area contributed by atoms with E-state index in [1.54, 1.807) is 7.11 Å². The maximum atomic E-state index is 13.6. The third-order valence-electron chi connectivity index (χ3n) is 2.36. The summed E-state index contributed by atoms with van der Waals surface area (Å²) in [4.78, 5) is -0.240. The Morgan fingerprint density at radius 2 is 2.17 bits per heavy atom. The Morgan fingerprint density at radius 3 is 2.67 bits per heavy atom. The van der Waals surface area contributed by atoms with E-state index in [4.69, 9.17) is 9.88 Å². The first-order valence-electron chi connectivity index (χ1n) is 5.39. The van der Waals surface area contributed by atoms with Crippen LogP contribution in [0.25, 0.3) is 0 Å². The summed E-state index contributed by atoms with van der Waals surface area (Å²) in [6.07, 6.45) is 0. The molecule has 3 N–H and O–H groups in total. The monoisotopic (exact) mass is 276 g/mol. The van der Waals surface area contributed by atoms with Crippen LogP contribution in [-0.2, 0) is 14.8 Å². The molecular formula is C11H17FN2O3S. The molecule has 1 rings (SSSR count). The first-order chi connectivity index (χ1) is 8.34. The van der Waals surface area contributed by atoms with Crippen molar-refractivity contribution >= 4 is 15.7 Å². The molecule has 7 heteroatoms. The number of hydrogen-bond donors (Lipinski definition) is 2. The van der Waals surface area contributed by atoms with Gasteiger partial charge in [-0.3, -0.25) is 0 Å². The molecule has 0 heterocycles. The minimum Gasteiger partial charge on any atom is -0.384 e. The van der Waals surface area contributed by atoms with Crippen molar-refractivity contribution < 1.29 is 17.5 Å². The fraction of sp³-hybridized carbons (Fsp3) is 0.455. The van der Waals surface area contributed by atoms with Crippen LogP contribution in [0.15, 0.2) is 23.1 Å². The van der Waals surface area contributed by atoms with Crippen LogP contribution >= 0.6 is 0 Å². The zero-order valence-corrected chi connectivity index (χ0v) is 11.1. The smallest absolute Gasteiger partial charge is 0.238 e. The van der Waals surface area contributed by atoms with Gasteiger partial charge in [0.25, 0.3) is 0 Å². The Bertz CT molecular complexity index is 505. The number of benzene rings is 1. The van der Waals surface area contributed by atoms with Gasteiger partial charge in [0.05, 0.1) is 17.2 Å². The number of ether oxygens (including phenoxy) is 1. The van der Waals surface area contributed by atoms with E-state index in [1.807, 2.05) is 6.92 Å². The number of nitrogens with two attached hydrogens (primary N) is 1. The van der Waals surface area contributed by atoms with Crippen molar-refractivity contribution in [2.45, 2.75) is 11.8 Å². The van der Waals surface area contributed by atoms with Crippen molar-refractivity contribution in [3.8, 4) is 0 Å². The summed E-state index contributed by atoms with van der Waals surface area (Å²) in [6, 6.07) is 3.52. The SMILES string of the molecule is COCC(C)CNc1ccc(S(N)(=O)=O)cc1F. The molecule has 0 fully saturated rings. The van der Waals surface area contributed by atoms with Crippen LogP contribution < -0.4 is 10.5 Å². The predicted octanol–water partition coefficient (Wildman–Crippen LogP) is 1.17. The molecule has 18 heavy (non-hydrogen) atoms. The summed E-state index contributed by atoms with van der Waals surface area (Å²) < 4.78 is 40.6. The van der Waals surface area contributed by atoms with Gasteiger partial charge in [0, 0.05) is 13.7 Å². The van der Waals surface area contributed by atoms with E-state index in [1.165, 1.54) is 12.1 Å². The second kappa shape index (κ2) is 6.12. The Labute approximate surface area is 106 Å². The average molecular weight is 276 g/mol. The Morgan fingerprint density at radius 1 is 1.50 bits per heavy atom. The zero-order valence-electron chi connectivity index (χ0n) is 10.3. The fourth-order valence-electron chi connectivity index (χ4n) is 1.44. The largest absolute Gasteiger partial charge is 0.384 e.